The molecule has 0 spiro atoms. The number of thioether (sulfide) groups is 1. The Morgan fingerprint density at radius 2 is 2.14 bits per heavy atom. The number of likely N-dealkylation sites (N-methyl/N-ethyl adjacent to an activating group) is 1. The van der Waals surface area contributed by atoms with Crippen LogP contribution in [0.3, 0.4) is 0 Å². The molecule has 9 heteroatoms. The molecule has 0 radical (unpaired) electrons. The molecule has 152 valence electrons. The third-order valence-corrected chi connectivity index (χ3v) is 5.98. The van der Waals surface area contributed by atoms with Gasteiger partial charge in [-0.05, 0) is 44.2 Å². The van der Waals surface area contributed by atoms with Gasteiger partial charge in [0, 0.05) is 17.5 Å². The van der Waals surface area contributed by atoms with E-state index >= 15 is 0 Å². The van der Waals surface area contributed by atoms with E-state index in [1.54, 1.807) is 36.1 Å². The molecule has 1 fully saturated rings. The van der Waals surface area contributed by atoms with Gasteiger partial charge in [0.25, 0.3) is 5.91 Å². The van der Waals surface area contributed by atoms with Crippen molar-refractivity contribution >= 4 is 51.4 Å². The standard InChI is InChI=1S/C20H21N3O4S2/c1-4-14(18(25)26)27-15-9-7-6-8-13(15)10-16-17(24)23(5-2)20(29-16)22-19-21-12(3)11-28-19/h6-11,14H,4-5H2,1-3H3,(H,25,26)/b16-10+,22-20+. The zero-order chi connectivity index (χ0) is 21.0. The van der Waals surface area contributed by atoms with Gasteiger partial charge in [0.2, 0.25) is 5.13 Å². The Balaban J connectivity index is 1.92. The second-order valence-corrected chi connectivity index (χ2v) is 8.06. The van der Waals surface area contributed by atoms with Crippen molar-refractivity contribution in [3.05, 3.63) is 45.8 Å². The Labute approximate surface area is 177 Å². The van der Waals surface area contributed by atoms with Crippen LogP contribution in [0.25, 0.3) is 6.08 Å². The lowest BCUT2D eigenvalue weighted by molar-refractivity contribution is -0.145. The third-order valence-electron chi connectivity index (χ3n) is 4.12. The summed E-state index contributed by atoms with van der Waals surface area (Å²) in [7, 11) is 0. The van der Waals surface area contributed by atoms with E-state index in [-0.39, 0.29) is 5.91 Å². The highest BCUT2D eigenvalue weighted by Crippen LogP contribution is 2.36. The molecule has 1 atom stereocenters. The fourth-order valence-corrected chi connectivity index (χ4v) is 4.41. The van der Waals surface area contributed by atoms with E-state index in [2.05, 4.69) is 9.98 Å². The first kappa shape index (κ1) is 21.1. The maximum absolute atomic E-state index is 12.8. The molecule has 0 bridgehead atoms. The Hall–Kier alpha value is -2.65. The lowest BCUT2D eigenvalue weighted by Crippen LogP contribution is -2.28. The van der Waals surface area contributed by atoms with E-state index in [1.807, 2.05) is 25.3 Å². The maximum Gasteiger partial charge on any atom is 0.344 e. The summed E-state index contributed by atoms with van der Waals surface area (Å²) >= 11 is 2.70. The number of carbonyl (C=O) groups is 2. The minimum absolute atomic E-state index is 0.149. The van der Waals surface area contributed by atoms with E-state index in [1.165, 1.54) is 23.1 Å². The Morgan fingerprint density at radius 3 is 2.76 bits per heavy atom. The molecule has 2 aromatic rings. The average Bonchev–Trinajstić information content (AvgIpc) is 3.23. The summed E-state index contributed by atoms with van der Waals surface area (Å²) < 4.78 is 5.66. The molecule has 1 aromatic carbocycles. The van der Waals surface area contributed by atoms with Gasteiger partial charge in [-0.2, -0.15) is 4.99 Å². The third kappa shape index (κ3) is 4.86. The normalized spacial score (nSPS) is 17.9. The van der Waals surface area contributed by atoms with Crippen molar-refractivity contribution in [2.45, 2.75) is 33.3 Å². The summed E-state index contributed by atoms with van der Waals surface area (Å²) in [5.41, 5.74) is 1.53. The van der Waals surface area contributed by atoms with Crippen LogP contribution in [0, 0.1) is 6.92 Å². The van der Waals surface area contributed by atoms with Crippen molar-refractivity contribution in [1.29, 1.82) is 0 Å². The van der Waals surface area contributed by atoms with Crippen LogP contribution in [0.2, 0.25) is 0 Å². The topological polar surface area (TPSA) is 92.1 Å². The van der Waals surface area contributed by atoms with Gasteiger partial charge in [-0.15, -0.1) is 11.3 Å². The number of amidine groups is 1. The second-order valence-electron chi connectivity index (χ2n) is 6.22. The van der Waals surface area contributed by atoms with Crippen LogP contribution in [0.5, 0.6) is 5.75 Å². The molecule has 1 unspecified atom stereocenters. The van der Waals surface area contributed by atoms with Crippen molar-refractivity contribution in [3.8, 4) is 5.75 Å². The van der Waals surface area contributed by atoms with E-state index in [0.29, 0.717) is 39.5 Å². The number of aryl methyl sites for hydroxylation is 1. The van der Waals surface area contributed by atoms with Crippen molar-refractivity contribution in [2.24, 2.45) is 4.99 Å². The zero-order valence-corrected chi connectivity index (χ0v) is 17.9. The van der Waals surface area contributed by atoms with Gasteiger partial charge in [0.05, 0.1) is 10.6 Å². The number of benzene rings is 1. The van der Waals surface area contributed by atoms with Crippen LogP contribution in [-0.4, -0.2) is 44.7 Å². The Kier molecular flexibility index (Phi) is 6.71. The number of nitrogens with zero attached hydrogens (tertiary/aromatic N) is 3. The van der Waals surface area contributed by atoms with Crippen LogP contribution in [0.4, 0.5) is 5.13 Å². The molecule has 1 aromatic heterocycles. The predicted molar refractivity (Wildman–Crippen MR) is 116 cm³/mol. The number of carboxylic acid groups (broad SMARTS) is 1. The van der Waals surface area contributed by atoms with Gasteiger partial charge >= 0.3 is 5.97 Å². The first-order valence-corrected chi connectivity index (χ1v) is 10.8. The number of aromatic nitrogens is 1. The molecule has 1 amide bonds. The smallest absolute Gasteiger partial charge is 0.344 e. The number of carboxylic acids is 1. The van der Waals surface area contributed by atoms with Crippen LogP contribution in [0.15, 0.2) is 39.5 Å². The van der Waals surface area contributed by atoms with Crippen LogP contribution in [-0.2, 0) is 9.59 Å². The molecule has 3 rings (SSSR count). The van der Waals surface area contributed by atoms with Gasteiger partial charge in [0.15, 0.2) is 11.3 Å². The number of ether oxygens (including phenoxy) is 1. The fourth-order valence-electron chi connectivity index (χ4n) is 2.65. The summed E-state index contributed by atoms with van der Waals surface area (Å²) in [5, 5.41) is 12.4. The number of aliphatic carboxylic acids is 1. The number of rotatable bonds is 7. The summed E-state index contributed by atoms with van der Waals surface area (Å²) in [4.78, 5) is 35.1. The number of para-hydroxylation sites is 1. The van der Waals surface area contributed by atoms with Gasteiger partial charge in [-0.1, -0.05) is 25.1 Å². The lowest BCUT2D eigenvalue weighted by Gasteiger charge is -2.15. The highest BCUT2D eigenvalue weighted by atomic mass is 32.2. The van der Waals surface area contributed by atoms with E-state index in [9.17, 15) is 14.7 Å². The average molecular weight is 432 g/mol. The first-order chi connectivity index (χ1) is 13.9. The molecule has 1 N–H and O–H groups in total. The van der Waals surface area contributed by atoms with Gasteiger partial charge in [-0.3, -0.25) is 9.69 Å². The molecular weight excluding hydrogens is 410 g/mol. The van der Waals surface area contributed by atoms with Crippen LogP contribution >= 0.6 is 23.1 Å². The van der Waals surface area contributed by atoms with Crippen molar-refractivity contribution in [1.82, 2.24) is 9.88 Å². The molecule has 0 aliphatic carbocycles. The number of thiazole rings is 1. The molecule has 7 nitrogen and oxygen atoms in total. The Morgan fingerprint density at radius 1 is 1.38 bits per heavy atom. The molecule has 0 saturated carbocycles. The lowest BCUT2D eigenvalue weighted by atomic mass is 10.1. The number of amides is 1. The molecule has 29 heavy (non-hydrogen) atoms. The summed E-state index contributed by atoms with van der Waals surface area (Å²) in [5.74, 6) is -0.747. The highest BCUT2D eigenvalue weighted by molar-refractivity contribution is 8.18. The number of hydrogen-bond donors (Lipinski definition) is 1. The predicted octanol–water partition coefficient (Wildman–Crippen LogP) is 4.32. The minimum atomic E-state index is -1.02. The summed E-state index contributed by atoms with van der Waals surface area (Å²) in [6, 6.07) is 7.08. The monoisotopic (exact) mass is 431 g/mol. The van der Waals surface area contributed by atoms with Crippen LogP contribution in [0.1, 0.15) is 31.5 Å². The van der Waals surface area contributed by atoms with Gasteiger partial charge < -0.3 is 9.84 Å². The molecular formula is C20H21N3O4S2. The second kappa shape index (κ2) is 9.23. The molecule has 2 heterocycles. The van der Waals surface area contributed by atoms with E-state index < -0.39 is 12.1 Å². The van der Waals surface area contributed by atoms with Crippen LogP contribution < -0.4 is 4.74 Å². The van der Waals surface area contributed by atoms with Gasteiger partial charge in [0.1, 0.15) is 5.75 Å². The number of hydrogen-bond acceptors (Lipinski definition) is 7. The Bertz CT molecular complexity index is 984. The zero-order valence-electron chi connectivity index (χ0n) is 16.3. The van der Waals surface area contributed by atoms with Crippen molar-refractivity contribution in [3.63, 3.8) is 0 Å². The summed E-state index contributed by atoms with van der Waals surface area (Å²) in [6.07, 6.45) is 1.11. The largest absolute Gasteiger partial charge is 0.479 e. The van der Waals surface area contributed by atoms with Crippen molar-refractivity contribution < 1.29 is 19.4 Å². The maximum atomic E-state index is 12.8. The minimum Gasteiger partial charge on any atom is -0.479 e. The summed E-state index contributed by atoms with van der Waals surface area (Å²) in [6.45, 7) is 6.02. The first-order valence-electron chi connectivity index (χ1n) is 9.13. The molecule has 1 saturated heterocycles. The number of aliphatic imine (C=N–C) groups is 1. The number of carbonyl (C=O) groups excluding carboxylic acids is 1. The van der Waals surface area contributed by atoms with E-state index in [4.69, 9.17) is 4.74 Å². The van der Waals surface area contributed by atoms with Gasteiger partial charge in [-0.25, -0.2) is 9.78 Å². The van der Waals surface area contributed by atoms with E-state index in [0.717, 1.165) is 5.69 Å². The quantitative estimate of drug-likeness (QED) is 0.657. The SMILES string of the molecule is CCC(Oc1ccccc1/C=C1/S/C(=N/c2nc(C)cs2)N(CC)C1=O)C(=O)O. The molecule has 1 aliphatic rings. The van der Waals surface area contributed by atoms with Crippen molar-refractivity contribution in [2.75, 3.05) is 6.54 Å². The molecule has 1 aliphatic heterocycles. The fraction of sp³-hybridized carbons (Fsp3) is 0.300. The highest BCUT2D eigenvalue weighted by Gasteiger charge is 2.32.